The molecule has 0 spiro atoms. The maximum Gasteiger partial charge on any atom is 0.302 e. The average Bonchev–Trinajstić information content (AvgIpc) is 3.53. The first-order valence-electron chi connectivity index (χ1n) is 25.5. The molecule has 0 unspecified atom stereocenters. The normalized spacial score (nSPS) is 51.1. The topological polar surface area (TPSA) is 215 Å². The molecule has 0 amide bonds. The van der Waals surface area contributed by atoms with E-state index in [0.29, 0.717) is 44.9 Å². The quantitative estimate of drug-likeness (QED) is 0.162. The molecule has 394 valence electrons. The summed E-state index contributed by atoms with van der Waals surface area (Å²) < 4.78 is 81.2. The lowest BCUT2D eigenvalue weighted by molar-refractivity contribution is -0.347. The predicted octanol–water partition coefficient (Wildman–Crippen LogP) is 4.43. The number of carbonyl (C=O) groups is 2. The molecule has 18 nitrogen and oxygen atoms in total. The van der Waals surface area contributed by atoms with Crippen LogP contribution >= 0.6 is 0 Å². The number of aliphatic hydroxyl groups is 3. The number of Topliss-reactive ketones (excluding diaryl/α,β-unsaturated/α-hetero) is 1. The molecule has 0 bridgehead atoms. The van der Waals surface area contributed by atoms with Crippen molar-refractivity contribution in [2.75, 3.05) is 28.4 Å². The van der Waals surface area contributed by atoms with Gasteiger partial charge in [-0.3, -0.25) is 9.59 Å². The highest BCUT2D eigenvalue weighted by Gasteiger charge is 2.76. The van der Waals surface area contributed by atoms with Crippen molar-refractivity contribution in [1.29, 1.82) is 0 Å². The Morgan fingerprint density at radius 3 is 1.55 bits per heavy atom. The molecule has 3 saturated carbocycles. The third-order valence-electron chi connectivity index (χ3n) is 18.3. The van der Waals surface area contributed by atoms with Gasteiger partial charge in [0.1, 0.15) is 36.1 Å². The van der Waals surface area contributed by atoms with Gasteiger partial charge in [0, 0.05) is 61.0 Å². The summed E-state index contributed by atoms with van der Waals surface area (Å²) in [6.45, 7) is 14.3. The minimum Gasteiger partial charge on any atom is -0.462 e. The Hall–Kier alpha value is -1.72. The number of ketones is 1. The van der Waals surface area contributed by atoms with Crippen LogP contribution in [0.1, 0.15) is 126 Å². The molecule has 69 heavy (non-hydrogen) atoms. The standard InChI is InChI=1S/C51H82O18/c1-25-44(54)35(57-9)21-41(61-25)67-46-27(3)63-43(23-37(46)59-11)69-47-28(4)64-42(24-38(47)60-12)68-45-26(2)62-40(22-36(45)58-10)66-32-15-16-48(7)31(19-32)13-14-33-34(48)20-39(65-30(6)53)49(8)50(55,29(5)52)17-18-51(33,49)56/h13,25-28,32-47,54-56H,14-24H2,1-12H3/t25-,26-,27-,28-,32+,33-,34+,35-,36+,37-,38+,39-,40+,41+,42+,43+,44-,45-,46-,47-,48+,49-,50-,51+/m1/s1. The van der Waals surface area contributed by atoms with Crippen LogP contribution in [0.5, 0.6) is 0 Å². The molecule has 8 rings (SSSR count). The van der Waals surface area contributed by atoms with Crippen molar-refractivity contribution >= 4 is 11.8 Å². The van der Waals surface area contributed by atoms with E-state index in [2.05, 4.69) is 13.0 Å². The highest BCUT2D eigenvalue weighted by Crippen LogP contribution is 2.69. The van der Waals surface area contributed by atoms with Crippen LogP contribution in [0.4, 0.5) is 0 Å². The fourth-order valence-corrected chi connectivity index (χ4v) is 14.2. The van der Waals surface area contributed by atoms with E-state index in [-0.39, 0.29) is 54.5 Å². The Labute approximate surface area is 407 Å². The molecule has 24 atom stereocenters. The fraction of sp³-hybridized carbons (Fsp3) is 0.922. The van der Waals surface area contributed by atoms with Crippen LogP contribution in [-0.4, -0.2) is 177 Å². The Balaban J connectivity index is 0.852. The summed E-state index contributed by atoms with van der Waals surface area (Å²) in [6, 6.07) is 0. The predicted molar refractivity (Wildman–Crippen MR) is 244 cm³/mol. The van der Waals surface area contributed by atoms with Crippen molar-refractivity contribution in [3.8, 4) is 0 Å². The van der Waals surface area contributed by atoms with Crippen LogP contribution in [0.2, 0.25) is 0 Å². The summed E-state index contributed by atoms with van der Waals surface area (Å²) in [5.74, 6) is -1.15. The van der Waals surface area contributed by atoms with Gasteiger partial charge in [-0.25, -0.2) is 0 Å². The Bertz CT molecular complexity index is 1840. The number of rotatable bonds is 14. The van der Waals surface area contributed by atoms with Crippen molar-refractivity contribution in [3.63, 3.8) is 0 Å². The van der Waals surface area contributed by atoms with Gasteiger partial charge in [-0.1, -0.05) is 25.5 Å². The molecule has 4 aliphatic carbocycles. The molecule has 8 aliphatic rings. The minimum atomic E-state index is -1.80. The van der Waals surface area contributed by atoms with Crippen LogP contribution in [-0.2, 0) is 71.2 Å². The summed E-state index contributed by atoms with van der Waals surface area (Å²) >= 11 is 0. The molecule has 4 saturated heterocycles. The summed E-state index contributed by atoms with van der Waals surface area (Å²) in [5, 5.41) is 35.0. The van der Waals surface area contributed by atoms with Crippen LogP contribution in [0.25, 0.3) is 0 Å². The highest BCUT2D eigenvalue weighted by atomic mass is 16.8. The molecule has 18 heteroatoms. The summed E-state index contributed by atoms with van der Waals surface area (Å²) in [7, 11) is 6.53. The van der Waals surface area contributed by atoms with Gasteiger partial charge in [0.25, 0.3) is 0 Å². The van der Waals surface area contributed by atoms with Gasteiger partial charge >= 0.3 is 5.97 Å². The molecule has 0 radical (unpaired) electrons. The largest absolute Gasteiger partial charge is 0.462 e. The molecular formula is C51H82O18. The number of aliphatic hydroxyl groups excluding tert-OH is 1. The number of ether oxygens (including phenoxy) is 13. The zero-order valence-corrected chi connectivity index (χ0v) is 42.9. The zero-order valence-electron chi connectivity index (χ0n) is 42.9. The van der Waals surface area contributed by atoms with Gasteiger partial charge in [0.05, 0.1) is 66.0 Å². The monoisotopic (exact) mass is 983 g/mol. The maximum absolute atomic E-state index is 13.0. The number of hydrogen-bond donors (Lipinski definition) is 3. The molecule has 0 aromatic rings. The van der Waals surface area contributed by atoms with E-state index in [4.69, 9.17) is 61.6 Å². The van der Waals surface area contributed by atoms with Gasteiger partial charge in [0.2, 0.25) is 0 Å². The van der Waals surface area contributed by atoms with Crippen molar-refractivity contribution in [3.05, 3.63) is 11.6 Å². The zero-order chi connectivity index (χ0) is 50.0. The van der Waals surface area contributed by atoms with E-state index < -0.39 is 115 Å². The van der Waals surface area contributed by atoms with E-state index in [9.17, 15) is 24.9 Å². The number of carbonyl (C=O) groups excluding carboxylic acids is 2. The van der Waals surface area contributed by atoms with Crippen LogP contribution in [0.15, 0.2) is 11.6 Å². The second-order valence-corrected chi connectivity index (χ2v) is 21.9. The third-order valence-corrected chi connectivity index (χ3v) is 18.3. The lowest BCUT2D eigenvalue weighted by Crippen LogP contribution is -2.71. The van der Waals surface area contributed by atoms with Gasteiger partial charge in [0.15, 0.2) is 30.9 Å². The van der Waals surface area contributed by atoms with E-state index in [1.54, 1.807) is 42.3 Å². The third kappa shape index (κ3) is 9.67. The minimum absolute atomic E-state index is 0.0320. The fourth-order valence-electron chi connectivity index (χ4n) is 14.2. The first-order chi connectivity index (χ1) is 32.6. The molecular weight excluding hydrogens is 901 g/mol. The van der Waals surface area contributed by atoms with Gasteiger partial charge < -0.3 is 76.9 Å². The maximum atomic E-state index is 13.0. The molecule has 3 N–H and O–H groups in total. The van der Waals surface area contributed by atoms with E-state index in [0.717, 1.165) is 12.8 Å². The molecule has 4 heterocycles. The lowest BCUT2D eigenvalue weighted by Gasteiger charge is -2.63. The van der Waals surface area contributed by atoms with Crippen LogP contribution in [0, 0.1) is 22.7 Å². The summed E-state index contributed by atoms with van der Waals surface area (Å²) in [6.07, 6.45) is -1.14. The Morgan fingerprint density at radius 1 is 0.623 bits per heavy atom. The van der Waals surface area contributed by atoms with Gasteiger partial charge in [-0.05, 0) is 96.8 Å². The number of esters is 1. The smallest absolute Gasteiger partial charge is 0.302 e. The number of methoxy groups -OCH3 is 4. The van der Waals surface area contributed by atoms with E-state index >= 15 is 0 Å². The van der Waals surface area contributed by atoms with Crippen molar-refractivity contribution < 1.29 is 86.5 Å². The molecule has 4 aliphatic heterocycles. The molecule has 0 aromatic carbocycles. The second kappa shape index (κ2) is 20.9. The second-order valence-electron chi connectivity index (χ2n) is 21.9. The Kier molecular flexibility index (Phi) is 16.2. The highest BCUT2D eigenvalue weighted by molar-refractivity contribution is 5.87. The first kappa shape index (κ1) is 53.6. The van der Waals surface area contributed by atoms with E-state index in [1.165, 1.54) is 19.4 Å². The van der Waals surface area contributed by atoms with Crippen LogP contribution in [0.3, 0.4) is 0 Å². The van der Waals surface area contributed by atoms with Crippen molar-refractivity contribution in [2.24, 2.45) is 22.7 Å². The number of fused-ring (bicyclic) bond motifs is 5. The van der Waals surface area contributed by atoms with Gasteiger partial charge in [-0.15, -0.1) is 0 Å². The Morgan fingerprint density at radius 2 is 1.09 bits per heavy atom. The molecule has 7 fully saturated rings. The lowest BCUT2D eigenvalue weighted by atomic mass is 9.44. The van der Waals surface area contributed by atoms with E-state index in [1.807, 2.05) is 20.8 Å². The van der Waals surface area contributed by atoms with Gasteiger partial charge in [-0.2, -0.15) is 0 Å². The first-order valence-corrected chi connectivity index (χ1v) is 25.5. The number of allylic oxidation sites excluding steroid dienone is 1. The number of hydrogen-bond acceptors (Lipinski definition) is 18. The average molecular weight is 983 g/mol. The summed E-state index contributed by atoms with van der Waals surface area (Å²) in [5.41, 5.74) is -3.59. The van der Waals surface area contributed by atoms with Crippen molar-refractivity contribution in [2.45, 2.75) is 248 Å². The van der Waals surface area contributed by atoms with Crippen molar-refractivity contribution in [1.82, 2.24) is 0 Å². The SMILES string of the molecule is CO[C@H]1C[C@H](O[C@H]2CC[C@@]3(C)C(=CC[C@@H]4[C@@H]3C[C@@H](OC(C)=O)[C@]3(C)[C@](O)(C(C)=O)CC[C@]43O)C2)O[C@H](C)[C@H]1O[C@H]1C[C@H](OC)[C@H](O[C@H]2C[C@@H](OC)[C@H](O[C@H]3C[C@@H](OC)[C@H](O)[C@@H](C)O3)[C@@H](C)O2)[C@@H](C)O1. The molecule has 0 aromatic heterocycles. The summed E-state index contributed by atoms with van der Waals surface area (Å²) in [4.78, 5) is 25.5. The van der Waals surface area contributed by atoms with Crippen LogP contribution < -0.4 is 0 Å².